The van der Waals surface area contributed by atoms with Crippen LogP contribution in [0.15, 0.2) is 41.1 Å². The SMILES string of the molecule is Cc1cc(NC(=O)c2cnc(Cc3ccc(F)cc3)s2)no1. The van der Waals surface area contributed by atoms with Gasteiger partial charge in [0.15, 0.2) is 5.82 Å². The fraction of sp³-hybridized carbons (Fsp3) is 0.133. The molecule has 0 saturated carbocycles. The highest BCUT2D eigenvalue weighted by Gasteiger charge is 2.13. The summed E-state index contributed by atoms with van der Waals surface area (Å²) in [6.07, 6.45) is 2.08. The van der Waals surface area contributed by atoms with E-state index in [1.807, 2.05) is 0 Å². The standard InChI is InChI=1S/C15H12FN3O2S/c1-9-6-13(19-21-9)18-15(20)12-8-17-14(22-12)7-10-2-4-11(16)5-3-10/h2-6,8H,7H2,1H3,(H,18,19,20). The van der Waals surface area contributed by atoms with E-state index in [0.717, 1.165) is 10.6 Å². The van der Waals surface area contributed by atoms with Crippen LogP contribution in [-0.4, -0.2) is 16.0 Å². The third-order valence-corrected chi connectivity index (χ3v) is 3.91. The van der Waals surface area contributed by atoms with Crippen molar-refractivity contribution in [3.05, 3.63) is 63.6 Å². The minimum Gasteiger partial charge on any atom is -0.360 e. The summed E-state index contributed by atoms with van der Waals surface area (Å²) >= 11 is 1.29. The van der Waals surface area contributed by atoms with Crippen LogP contribution in [0.4, 0.5) is 10.2 Å². The Morgan fingerprint density at radius 1 is 1.36 bits per heavy atom. The van der Waals surface area contributed by atoms with E-state index in [4.69, 9.17) is 4.52 Å². The Bertz CT molecular complexity index is 795. The molecule has 2 aromatic heterocycles. The maximum absolute atomic E-state index is 12.9. The average Bonchev–Trinajstić information content (AvgIpc) is 3.11. The lowest BCUT2D eigenvalue weighted by molar-refractivity contribution is 0.102. The van der Waals surface area contributed by atoms with Crippen molar-refractivity contribution >= 4 is 23.1 Å². The van der Waals surface area contributed by atoms with Gasteiger partial charge in [0.25, 0.3) is 5.91 Å². The number of carbonyl (C=O) groups is 1. The molecular formula is C15H12FN3O2S. The van der Waals surface area contributed by atoms with Gasteiger partial charge in [-0.1, -0.05) is 17.3 Å². The van der Waals surface area contributed by atoms with E-state index < -0.39 is 0 Å². The first-order chi connectivity index (χ1) is 10.6. The van der Waals surface area contributed by atoms with Crippen molar-refractivity contribution in [3.8, 4) is 0 Å². The van der Waals surface area contributed by atoms with Gasteiger partial charge >= 0.3 is 0 Å². The zero-order valence-corrected chi connectivity index (χ0v) is 12.5. The Labute approximate surface area is 129 Å². The van der Waals surface area contributed by atoms with Crippen LogP contribution in [0.1, 0.15) is 26.0 Å². The first kappa shape index (κ1) is 14.4. The molecule has 1 aromatic carbocycles. The predicted octanol–water partition coefficient (Wildman–Crippen LogP) is 3.42. The van der Waals surface area contributed by atoms with Gasteiger partial charge in [-0.3, -0.25) is 4.79 Å². The zero-order valence-electron chi connectivity index (χ0n) is 11.7. The van der Waals surface area contributed by atoms with Gasteiger partial charge in [-0.15, -0.1) is 11.3 Å². The van der Waals surface area contributed by atoms with Crippen LogP contribution >= 0.6 is 11.3 Å². The fourth-order valence-corrected chi connectivity index (χ4v) is 2.72. The molecule has 3 aromatic rings. The third-order valence-electron chi connectivity index (χ3n) is 2.92. The number of hydrogen-bond donors (Lipinski definition) is 1. The number of rotatable bonds is 4. The second kappa shape index (κ2) is 6.07. The molecule has 0 aliphatic rings. The molecule has 2 heterocycles. The summed E-state index contributed by atoms with van der Waals surface area (Å²) in [5.41, 5.74) is 0.940. The quantitative estimate of drug-likeness (QED) is 0.800. The summed E-state index contributed by atoms with van der Waals surface area (Å²) in [6, 6.07) is 7.86. The van der Waals surface area contributed by atoms with Crippen LogP contribution in [0.3, 0.4) is 0 Å². The summed E-state index contributed by atoms with van der Waals surface area (Å²) < 4.78 is 17.8. The second-order valence-electron chi connectivity index (χ2n) is 4.70. The molecule has 0 unspecified atom stereocenters. The number of anilines is 1. The first-order valence-corrected chi connectivity index (χ1v) is 7.35. The molecule has 0 atom stereocenters. The summed E-state index contributed by atoms with van der Waals surface area (Å²) in [7, 11) is 0. The smallest absolute Gasteiger partial charge is 0.268 e. The van der Waals surface area contributed by atoms with Gasteiger partial charge in [0, 0.05) is 12.5 Å². The number of aryl methyl sites for hydroxylation is 1. The Balaban J connectivity index is 1.67. The number of thiazole rings is 1. The fourth-order valence-electron chi connectivity index (χ4n) is 1.88. The molecule has 0 aliphatic carbocycles. The van der Waals surface area contributed by atoms with Crippen LogP contribution < -0.4 is 5.32 Å². The molecule has 0 saturated heterocycles. The Hall–Kier alpha value is -2.54. The van der Waals surface area contributed by atoms with Crippen molar-refractivity contribution in [2.24, 2.45) is 0 Å². The van der Waals surface area contributed by atoms with Crippen molar-refractivity contribution in [1.29, 1.82) is 0 Å². The maximum Gasteiger partial charge on any atom is 0.268 e. The lowest BCUT2D eigenvalue weighted by Gasteiger charge is -1.98. The van der Waals surface area contributed by atoms with E-state index in [1.165, 1.54) is 29.7 Å². The largest absolute Gasteiger partial charge is 0.360 e. The van der Waals surface area contributed by atoms with Crippen LogP contribution in [0, 0.1) is 12.7 Å². The molecule has 22 heavy (non-hydrogen) atoms. The van der Waals surface area contributed by atoms with Crippen LogP contribution in [0.5, 0.6) is 0 Å². The topological polar surface area (TPSA) is 68.0 Å². The minimum absolute atomic E-state index is 0.272. The van der Waals surface area contributed by atoms with Crippen LogP contribution in [0.25, 0.3) is 0 Å². The molecule has 0 bridgehead atoms. The molecule has 0 aliphatic heterocycles. The Kier molecular flexibility index (Phi) is 3.97. The number of amides is 1. The number of aromatic nitrogens is 2. The van der Waals surface area contributed by atoms with Crippen LogP contribution in [0.2, 0.25) is 0 Å². The summed E-state index contributed by atoms with van der Waals surface area (Å²) in [4.78, 5) is 16.8. The number of benzene rings is 1. The molecule has 0 fully saturated rings. The van der Waals surface area contributed by atoms with Crippen molar-refractivity contribution in [3.63, 3.8) is 0 Å². The highest BCUT2D eigenvalue weighted by Crippen LogP contribution is 2.18. The van der Waals surface area contributed by atoms with Gasteiger partial charge in [-0.2, -0.15) is 0 Å². The lowest BCUT2D eigenvalue weighted by Crippen LogP contribution is -2.10. The van der Waals surface area contributed by atoms with Gasteiger partial charge in [0.1, 0.15) is 16.5 Å². The number of halogens is 1. The number of carbonyl (C=O) groups excluding carboxylic acids is 1. The average molecular weight is 317 g/mol. The van der Waals surface area contributed by atoms with Crippen molar-refractivity contribution in [2.75, 3.05) is 5.32 Å². The van der Waals surface area contributed by atoms with E-state index in [2.05, 4.69) is 15.5 Å². The molecule has 0 spiro atoms. The highest BCUT2D eigenvalue weighted by atomic mass is 32.1. The van der Waals surface area contributed by atoms with Gasteiger partial charge in [0.05, 0.1) is 11.2 Å². The maximum atomic E-state index is 12.9. The van der Waals surface area contributed by atoms with Crippen LogP contribution in [-0.2, 0) is 6.42 Å². The molecule has 5 nitrogen and oxygen atoms in total. The Morgan fingerprint density at radius 3 is 2.82 bits per heavy atom. The molecule has 7 heteroatoms. The van der Waals surface area contributed by atoms with Gasteiger partial charge < -0.3 is 9.84 Å². The van der Waals surface area contributed by atoms with Gasteiger partial charge in [0.2, 0.25) is 0 Å². The Morgan fingerprint density at radius 2 is 2.14 bits per heavy atom. The summed E-state index contributed by atoms with van der Waals surface area (Å²) in [5, 5.41) is 7.13. The van der Waals surface area contributed by atoms with E-state index >= 15 is 0 Å². The molecule has 112 valence electrons. The first-order valence-electron chi connectivity index (χ1n) is 6.54. The summed E-state index contributed by atoms with van der Waals surface area (Å²) in [6.45, 7) is 1.75. The van der Waals surface area contributed by atoms with E-state index in [0.29, 0.717) is 22.9 Å². The molecule has 1 amide bonds. The van der Waals surface area contributed by atoms with Crippen molar-refractivity contribution in [2.45, 2.75) is 13.3 Å². The van der Waals surface area contributed by atoms with E-state index in [-0.39, 0.29) is 11.7 Å². The second-order valence-corrected chi connectivity index (χ2v) is 5.81. The normalized spacial score (nSPS) is 10.6. The van der Waals surface area contributed by atoms with E-state index in [1.54, 1.807) is 25.1 Å². The lowest BCUT2D eigenvalue weighted by atomic mass is 10.2. The number of nitrogens with one attached hydrogen (secondary N) is 1. The molecule has 0 radical (unpaired) electrons. The number of hydrogen-bond acceptors (Lipinski definition) is 5. The van der Waals surface area contributed by atoms with Crippen molar-refractivity contribution in [1.82, 2.24) is 10.1 Å². The molecular weight excluding hydrogens is 305 g/mol. The molecule has 3 rings (SSSR count). The minimum atomic E-state index is -0.281. The molecule has 1 N–H and O–H groups in total. The summed E-state index contributed by atoms with van der Waals surface area (Å²) in [5.74, 6) is 0.439. The number of nitrogens with zero attached hydrogens (tertiary/aromatic N) is 2. The van der Waals surface area contributed by atoms with E-state index in [9.17, 15) is 9.18 Å². The highest BCUT2D eigenvalue weighted by molar-refractivity contribution is 7.13. The monoisotopic (exact) mass is 317 g/mol. The third kappa shape index (κ3) is 3.37. The van der Waals surface area contributed by atoms with Gasteiger partial charge in [-0.25, -0.2) is 9.37 Å². The predicted molar refractivity (Wildman–Crippen MR) is 80.5 cm³/mol. The zero-order chi connectivity index (χ0) is 15.5. The van der Waals surface area contributed by atoms with Crippen molar-refractivity contribution < 1.29 is 13.7 Å². The van der Waals surface area contributed by atoms with Gasteiger partial charge in [-0.05, 0) is 24.6 Å².